The van der Waals surface area contributed by atoms with Gasteiger partial charge in [-0.25, -0.2) is 0 Å². The number of rotatable bonds is 35. The largest absolute Gasteiger partial charge is 1.00 e. The summed E-state index contributed by atoms with van der Waals surface area (Å²) in [7, 11) is 0. The summed E-state index contributed by atoms with van der Waals surface area (Å²) < 4.78 is 5.07. The van der Waals surface area contributed by atoms with Crippen LogP contribution in [0.5, 0.6) is 0 Å². The van der Waals surface area contributed by atoms with E-state index in [2.05, 4.69) is 134 Å². The molecule has 0 bridgehead atoms. The van der Waals surface area contributed by atoms with Gasteiger partial charge in [-0.1, -0.05) is 232 Å². The van der Waals surface area contributed by atoms with Gasteiger partial charge < -0.3 is 21.4 Å². The van der Waals surface area contributed by atoms with Crippen LogP contribution in [0.4, 0.5) is 0 Å². The van der Waals surface area contributed by atoms with Crippen LogP contribution in [0.25, 0.3) is 0 Å². The Morgan fingerprint density at radius 2 is 0.782 bits per heavy atom. The van der Waals surface area contributed by atoms with E-state index in [1.807, 2.05) is 30.3 Å². The first-order chi connectivity index (χ1) is 41.3. The Bertz CT molecular complexity index is 2870. The van der Waals surface area contributed by atoms with Gasteiger partial charge in [-0.05, 0) is 139 Å². The molecule has 0 aliphatic rings. The zero-order valence-corrected chi connectivity index (χ0v) is 58.9. The van der Waals surface area contributed by atoms with Crippen LogP contribution in [-0.4, -0.2) is 46.3 Å². The van der Waals surface area contributed by atoms with Crippen LogP contribution in [0.15, 0.2) is 231 Å². The molecular weight excluding hydrogens is 1170 g/mol. The summed E-state index contributed by atoms with van der Waals surface area (Å²) in [5.41, 5.74) is 3.45. The Balaban J connectivity index is -0.00000127. The Kier molecular flexibility index (Phi) is 56.5. The van der Waals surface area contributed by atoms with E-state index in [9.17, 15) is 28.8 Å². The minimum Gasteiger partial charge on any atom is -1.00 e. The van der Waals surface area contributed by atoms with Crippen LogP contribution in [0.2, 0.25) is 0 Å². The van der Waals surface area contributed by atoms with Crippen LogP contribution < -0.4 is 108 Å². The Morgan fingerprint density at radius 3 is 1.10 bits per heavy atom. The van der Waals surface area contributed by atoms with Crippen LogP contribution >= 0.6 is 11.6 Å². The van der Waals surface area contributed by atoms with E-state index >= 15 is 0 Å². The molecule has 0 fully saturated rings. The number of aliphatic carboxylic acids is 1. The zero-order valence-electron chi connectivity index (χ0n) is 52.9. The number of carboxylic acids is 1. The third-order valence-corrected chi connectivity index (χ3v) is 12.3. The first-order valence-electron chi connectivity index (χ1n) is 29.1. The van der Waals surface area contributed by atoms with Crippen molar-refractivity contribution in [3.63, 3.8) is 0 Å². The summed E-state index contributed by atoms with van der Waals surface area (Å²) in [6, 6.07) is 31.6. The first kappa shape index (κ1) is 84.0. The van der Waals surface area contributed by atoms with Gasteiger partial charge in [0.2, 0.25) is 5.24 Å². The number of carbonyl (C=O) groups excluding carboxylic acids is 6. The Morgan fingerprint density at radius 1 is 0.471 bits per heavy atom. The zero-order chi connectivity index (χ0) is 62.4. The monoisotopic (exact) mass is 1250 g/mol. The van der Waals surface area contributed by atoms with Crippen LogP contribution in [-0.2, 0) is 33.6 Å². The molecule has 0 spiro atoms. The van der Waals surface area contributed by atoms with Crippen molar-refractivity contribution in [2.75, 3.05) is 0 Å². The summed E-state index contributed by atoms with van der Waals surface area (Å²) >= 11 is 5.26. The average Bonchev–Trinajstić information content (AvgIpc) is 3.66. The van der Waals surface area contributed by atoms with Gasteiger partial charge in [0.1, 0.15) is 0 Å². The third kappa shape index (κ3) is 44.9. The molecule has 0 aliphatic carbocycles. The fourth-order valence-corrected chi connectivity index (χ4v) is 7.54. The quantitative estimate of drug-likeness (QED) is 0.00442. The minimum atomic E-state index is -0.899. The maximum atomic E-state index is 12.7. The molecule has 2 unspecified atom stereocenters. The molecule has 0 aliphatic heterocycles. The number of hydrogen-bond donors (Lipinski definition) is 1. The number of esters is 2. The van der Waals surface area contributed by atoms with Crippen molar-refractivity contribution in [1.82, 2.24) is 0 Å². The molecule has 454 valence electrons. The van der Waals surface area contributed by atoms with Gasteiger partial charge in [0, 0.05) is 35.1 Å². The molecule has 0 radical (unpaired) electrons. The molecule has 0 heterocycles. The smallest absolute Gasteiger partial charge is 1.00 e. The second kappa shape index (κ2) is 58.6. The predicted molar refractivity (Wildman–Crippen MR) is 344 cm³/mol. The molecule has 4 aromatic rings. The normalized spacial score (nSPS) is 11.9. The van der Waals surface area contributed by atoms with Crippen molar-refractivity contribution >= 4 is 52.8 Å². The van der Waals surface area contributed by atoms with Gasteiger partial charge in [0.15, 0.2) is 11.6 Å². The number of hydrogen-bond acceptors (Lipinski definition) is 10. The second-order valence-corrected chi connectivity index (χ2v) is 19.4. The minimum absolute atomic E-state index is 0. The number of unbranched alkanes of at least 4 members (excludes halogenated alkanes) is 2. The van der Waals surface area contributed by atoms with Gasteiger partial charge in [0.05, 0.1) is 11.8 Å². The molecule has 11 nitrogen and oxygen atoms in total. The van der Waals surface area contributed by atoms with Crippen molar-refractivity contribution in [2.24, 2.45) is 0 Å². The number of benzene rings is 4. The maximum absolute atomic E-state index is 12.7. The van der Waals surface area contributed by atoms with Gasteiger partial charge in [-0.15, -0.1) is 0 Å². The molecule has 0 saturated carbocycles. The van der Waals surface area contributed by atoms with Gasteiger partial charge in [-0.2, -0.15) is 0 Å². The summed E-state index contributed by atoms with van der Waals surface area (Å²) in [4.78, 5) is 82.4. The van der Waals surface area contributed by atoms with Crippen LogP contribution in [0.3, 0.4) is 0 Å². The molecule has 1 N–H and O–H groups in total. The number of ketones is 2. The van der Waals surface area contributed by atoms with E-state index in [1.165, 1.54) is 0 Å². The van der Waals surface area contributed by atoms with Crippen molar-refractivity contribution in [3.8, 4) is 0 Å². The molecular formula is C73H87ClK2O11. The predicted octanol–water partition coefficient (Wildman–Crippen LogP) is 11.3. The molecule has 0 saturated heterocycles. The fraction of sp³-hybridized carbons (Fsp3) is 0.301. The Labute approximate surface area is 609 Å². The van der Waals surface area contributed by atoms with Gasteiger partial charge in [-0.3, -0.25) is 33.6 Å². The van der Waals surface area contributed by atoms with E-state index < -0.39 is 29.7 Å². The van der Waals surface area contributed by atoms with Crippen molar-refractivity contribution in [1.29, 1.82) is 0 Å². The van der Waals surface area contributed by atoms with Crippen molar-refractivity contribution in [3.05, 3.63) is 264 Å². The molecule has 14 heteroatoms. The summed E-state index contributed by atoms with van der Waals surface area (Å²) in [6.45, 7) is 7.39. The second-order valence-electron chi connectivity index (χ2n) is 19.0. The summed E-state index contributed by atoms with van der Waals surface area (Å²) in [5, 5.41) is 17.2. The maximum Gasteiger partial charge on any atom is 1.00 e. The third-order valence-electron chi connectivity index (χ3n) is 12.2. The standard InChI is InChI=1S/C36H42O4.C20H29ClO.C16H14O3.CH2O3.2K.H/c1-3-4-5-6-7-8-9-10-11-12-13-14-15-16-17-18-22-28-34(37)40-36(39)30(2)32-26-23-27-33(29-32)35(38)31-24-20-19-21-25-31;1-2-3-4-5-6-7-8-9-10-11-12-13-14-15-16-17-18-19-20(21)22;1-11(16(18)19)13-8-5-9-14(10-13)15(17)12-6-3-2-4-7-12;2-1-4-3;;;/h4-5,7-8,10-11,13-14,16-17,19-21,23-27,29-30H,3,6,9,12,15,18,22,28H2,1-2H3;3-4,6-7,9-10,12-13,15-16H,2,5,8,11,14,17-19H2,1H3;2-11H,1H3,(H,18,19);1,3H;;;/q;;;;2*+1;-1/p-1/b5-4-,8-7-,11-10-,14-13-,17-16-;4-3-,7-6-,10-9-,13-12-,16-15-;;;;;. The molecule has 2 atom stereocenters. The molecule has 0 aromatic heterocycles. The van der Waals surface area contributed by atoms with Crippen LogP contribution in [0, 0.1) is 0 Å². The fourth-order valence-electron chi connectivity index (χ4n) is 7.40. The van der Waals surface area contributed by atoms with E-state index in [1.54, 1.807) is 98.8 Å². The number of ether oxygens (including phenoxy) is 1. The first-order valence-corrected chi connectivity index (χ1v) is 29.5. The molecule has 4 aromatic carbocycles. The van der Waals surface area contributed by atoms with Gasteiger partial charge >= 0.3 is 121 Å². The Hall–Kier alpha value is -5.11. The van der Waals surface area contributed by atoms with E-state index in [0.29, 0.717) is 46.2 Å². The number of carbonyl (C=O) groups is 7. The van der Waals surface area contributed by atoms with Crippen molar-refractivity contribution < 1.29 is 158 Å². The van der Waals surface area contributed by atoms with E-state index in [-0.39, 0.29) is 134 Å². The topological polar surface area (TPSA) is 181 Å². The van der Waals surface area contributed by atoms with Crippen LogP contribution in [0.1, 0.15) is 187 Å². The molecule has 0 amide bonds. The molecule has 4 rings (SSSR count). The van der Waals surface area contributed by atoms with Gasteiger partial charge in [0.25, 0.3) is 6.47 Å². The van der Waals surface area contributed by atoms with E-state index in [4.69, 9.17) is 31.5 Å². The number of carboxylic acid groups (broad SMARTS) is 1. The average molecular weight is 1250 g/mol. The number of allylic oxidation sites excluding steroid dienone is 20. The number of halogens is 1. The van der Waals surface area contributed by atoms with E-state index in [0.717, 1.165) is 83.5 Å². The van der Waals surface area contributed by atoms with Crippen molar-refractivity contribution in [2.45, 2.75) is 142 Å². The summed E-state index contributed by atoms with van der Waals surface area (Å²) in [6.07, 6.45) is 56.9. The molecule has 87 heavy (non-hydrogen) atoms. The SMILES string of the molecule is CC(C(=O)O)c1cccc(C(=O)c2ccccc2)c1.CC/C=C\C/C=C\C/C=C\C/C=C\C/C=C\CCCC(=O)Cl.CC/C=C\C/C=C\C/C=C\C/C=C\C/C=C\CCCC(=O)OC(=O)C(C)c1cccc(C(=O)c2ccccc2)c1.O=CO[O-].[H-].[K+].[K+]. The summed E-state index contributed by atoms with van der Waals surface area (Å²) in [5.74, 6) is -3.52.